The van der Waals surface area contributed by atoms with Crippen molar-refractivity contribution in [2.45, 2.75) is 52.4 Å². The first-order valence-electron chi connectivity index (χ1n) is 8.03. The normalized spacial score (nSPS) is 10.3. The number of anilines is 2. The van der Waals surface area contributed by atoms with E-state index in [-0.39, 0.29) is 11.8 Å². The van der Waals surface area contributed by atoms with Crippen LogP contribution < -0.4 is 16.4 Å². The fourth-order valence-corrected chi connectivity index (χ4v) is 2.12. The maximum atomic E-state index is 11.9. The molecule has 0 aromatic heterocycles. The third kappa shape index (κ3) is 6.26. The molecular formula is C17H27N3O2. The zero-order chi connectivity index (χ0) is 16.4. The molecule has 1 aromatic carbocycles. The van der Waals surface area contributed by atoms with Gasteiger partial charge in [0.15, 0.2) is 0 Å². The summed E-state index contributed by atoms with van der Waals surface area (Å²) in [5.41, 5.74) is 7.94. The van der Waals surface area contributed by atoms with Gasteiger partial charge in [0.1, 0.15) is 0 Å². The molecule has 1 rings (SSSR count). The number of nitrogens with two attached hydrogens (primary N) is 1. The summed E-state index contributed by atoms with van der Waals surface area (Å²) in [5, 5.41) is 5.78. The third-order valence-electron chi connectivity index (χ3n) is 3.41. The number of benzene rings is 1. The number of amides is 2. The molecule has 4 N–H and O–H groups in total. The van der Waals surface area contributed by atoms with Crippen molar-refractivity contribution in [2.75, 3.05) is 17.2 Å². The SMILES string of the molecule is CCCCC(=O)Nc1ccc(CC)c(NC(=O)CCCN)c1. The highest BCUT2D eigenvalue weighted by Crippen LogP contribution is 2.22. The van der Waals surface area contributed by atoms with Crippen LogP contribution in [0.25, 0.3) is 0 Å². The number of aryl methyl sites for hydroxylation is 1. The largest absolute Gasteiger partial charge is 0.330 e. The topological polar surface area (TPSA) is 84.2 Å². The minimum atomic E-state index is -0.0467. The van der Waals surface area contributed by atoms with Crippen molar-refractivity contribution in [3.05, 3.63) is 23.8 Å². The molecule has 122 valence electrons. The van der Waals surface area contributed by atoms with Gasteiger partial charge in [-0.05, 0) is 43.5 Å². The molecule has 5 nitrogen and oxygen atoms in total. The average Bonchev–Trinajstić information content (AvgIpc) is 2.51. The summed E-state index contributed by atoms with van der Waals surface area (Å²) in [6.45, 7) is 4.59. The highest BCUT2D eigenvalue weighted by molar-refractivity contribution is 5.94. The number of nitrogens with one attached hydrogen (secondary N) is 2. The van der Waals surface area contributed by atoms with Crippen molar-refractivity contribution in [1.82, 2.24) is 0 Å². The van der Waals surface area contributed by atoms with E-state index in [0.29, 0.717) is 31.5 Å². The van der Waals surface area contributed by atoms with Crippen LogP contribution in [0.1, 0.15) is 51.5 Å². The fourth-order valence-electron chi connectivity index (χ4n) is 2.12. The second-order valence-corrected chi connectivity index (χ2v) is 5.32. The van der Waals surface area contributed by atoms with Crippen LogP contribution in [0.4, 0.5) is 11.4 Å². The van der Waals surface area contributed by atoms with Gasteiger partial charge in [-0.3, -0.25) is 9.59 Å². The van der Waals surface area contributed by atoms with Crippen molar-refractivity contribution in [1.29, 1.82) is 0 Å². The average molecular weight is 305 g/mol. The molecule has 2 amide bonds. The van der Waals surface area contributed by atoms with Crippen molar-refractivity contribution >= 4 is 23.2 Å². The van der Waals surface area contributed by atoms with Crippen LogP contribution in [0, 0.1) is 0 Å². The fraction of sp³-hybridized carbons (Fsp3) is 0.529. The summed E-state index contributed by atoms with van der Waals surface area (Å²) in [7, 11) is 0. The predicted octanol–water partition coefficient (Wildman–Crippen LogP) is 3.06. The Kier molecular flexibility index (Phi) is 8.22. The molecule has 0 aliphatic rings. The van der Waals surface area contributed by atoms with Gasteiger partial charge in [0.2, 0.25) is 11.8 Å². The lowest BCUT2D eigenvalue weighted by Gasteiger charge is -2.13. The van der Waals surface area contributed by atoms with E-state index in [1.54, 1.807) is 0 Å². The number of unbranched alkanes of at least 4 members (excludes halogenated alkanes) is 1. The Morgan fingerprint density at radius 1 is 1.05 bits per heavy atom. The number of carbonyl (C=O) groups excluding carboxylic acids is 2. The lowest BCUT2D eigenvalue weighted by Crippen LogP contribution is -2.15. The smallest absolute Gasteiger partial charge is 0.224 e. The maximum absolute atomic E-state index is 11.9. The molecule has 0 heterocycles. The van der Waals surface area contributed by atoms with Crippen LogP contribution >= 0.6 is 0 Å². The summed E-state index contributed by atoms with van der Waals surface area (Å²) < 4.78 is 0. The molecule has 0 unspecified atom stereocenters. The molecule has 22 heavy (non-hydrogen) atoms. The Morgan fingerprint density at radius 3 is 2.36 bits per heavy atom. The molecule has 0 bridgehead atoms. The zero-order valence-electron chi connectivity index (χ0n) is 13.6. The quantitative estimate of drug-likeness (QED) is 0.655. The maximum Gasteiger partial charge on any atom is 0.224 e. The summed E-state index contributed by atoms with van der Waals surface area (Å²) >= 11 is 0. The first-order valence-corrected chi connectivity index (χ1v) is 8.03. The van der Waals surface area contributed by atoms with Crippen molar-refractivity contribution in [3.63, 3.8) is 0 Å². The monoisotopic (exact) mass is 305 g/mol. The van der Waals surface area contributed by atoms with Gasteiger partial charge >= 0.3 is 0 Å². The highest BCUT2D eigenvalue weighted by Gasteiger charge is 2.08. The van der Waals surface area contributed by atoms with Crippen LogP contribution in [0.3, 0.4) is 0 Å². The molecule has 0 saturated heterocycles. The molecule has 0 spiro atoms. The first-order chi connectivity index (χ1) is 10.6. The van der Waals surface area contributed by atoms with E-state index in [9.17, 15) is 9.59 Å². The van der Waals surface area contributed by atoms with Gasteiger partial charge in [-0.2, -0.15) is 0 Å². The molecule has 0 saturated carbocycles. The molecule has 0 atom stereocenters. The van der Waals surface area contributed by atoms with Gasteiger partial charge in [-0.15, -0.1) is 0 Å². The minimum absolute atomic E-state index is 0.00602. The van der Waals surface area contributed by atoms with Crippen molar-refractivity contribution < 1.29 is 9.59 Å². The zero-order valence-corrected chi connectivity index (χ0v) is 13.6. The lowest BCUT2D eigenvalue weighted by molar-refractivity contribution is -0.117. The Hall–Kier alpha value is -1.88. The lowest BCUT2D eigenvalue weighted by atomic mass is 10.1. The summed E-state index contributed by atoms with van der Waals surface area (Å²) in [4.78, 5) is 23.6. The second kappa shape index (κ2) is 9.95. The van der Waals surface area contributed by atoms with Crippen LogP contribution in [-0.2, 0) is 16.0 Å². The Bertz CT molecular complexity index is 501. The summed E-state index contributed by atoms with van der Waals surface area (Å²) in [6, 6.07) is 5.63. The molecular weight excluding hydrogens is 278 g/mol. The molecule has 5 heteroatoms. The van der Waals surface area contributed by atoms with Crippen LogP contribution in [0.5, 0.6) is 0 Å². The first kappa shape index (κ1) is 18.2. The number of hydrogen-bond acceptors (Lipinski definition) is 3. The second-order valence-electron chi connectivity index (χ2n) is 5.32. The molecule has 0 aliphatic carbocycles. The Morgan fingerprint density at radius 2 is 1.73 bits per heavy atom. The van der Waals surface area contributed by atoms with E-state index in [1.807, 2.05) is 25.1 Å². The highest BCUT2D eigenvalue weighted by atomic mass is 16.2. The number of hydrogen-bond donors (Lipinski definition) is 3. The third-order valence-corrected chi connectivity index (χ3v) is 3.41. The minimum Gasteiger partial charge on any atom is -0.330 e. The predicted molar refractivity (Wildman–Crippen MR) is 90.9 cm³/mol. The molecule has 1 aromatic rings. The van der Waals surface area contributed by atoms with E-state index in [1.165, 1.54) is 0 Å². The molecule has 0 fully saturated rings. The Balaban J connectivity index is 2.75. The van der Waals surface area contributed by atoms with Gasteiger partial charge < -0.3 is 16.4 Å². The van der Waals surface area contributed by atoms with Gasteiger partial charge in [-0.1, -0.05) is 26.3 Å². The van der Waals surface area contributed by atoms with Crippen LogP contribution in [0.15, 0.2) is 18.2 Å². The standard InChI is InChI=1S/C17H27N3O2/c1-3-5-7-16(21)19-14-10-9-13(4-2)15(12-14)20-17(22)8-6-11-18/h9-10,12H,3-8,11,18H2,1-2H3,(H,19,21)(H,20,22). The van der Waals surface area contributed by atoms with E-state index in [2.05, 4.69) is 17.6 Å². The van der Waals surface area contributed by atoms with Gasteiger partial charge in [0, 0.05) is 24.2 Å². The number of carbonyl (C=O) groups is 2. The van der Waals surface area contributed by atoms with E-state index >= 15 is 0 Å². The van der Waals surface area contributed by atoms with Crippen molar-refractivity contribution in [3.8, 4) is 0 Å². The van der Waals surface area contributed by atoms with Crippen molar-refractivity contribution in [2.24, 2.45) is 5.73 Å². The molecule has 0 radical (unpaired) electrons. The van der Waals surface area contributed by atoms with Gasteiger partial charge in [0.05, 0.1) is 0 Å². The van der Waals surface area contributed by atoms with Crippen LogP contribution in [-0.4, -0.2) is 18.4 Å². The Labute approximate surface area is 132 Å². The van der Waals surface area contributed by atoms with Crippen LogP contribution in [0.2, 0.25) is 0 Å². The van der Waals surface area contributed by atoms with E-state index < -0.39 is 0 Å². The van der Waals surface area contributed by atoms with E-state index in [0.717, 1.165) is 30.5 Å². The molecule has 0 aliphatic heterocycles. The summed E-state index contributed by atoms with van der Waals surface area (Å²) in [6.07, 6.45) is 4.28. The number of rotatable bonds is 9. The van der Waals surface area contributed by atoms with Gasteiger partial charge in [0.25, 0.3) is 0 Å². The van der Waals surface area contributed by atoms with E-state index in [4.69, 9.17) is 5.73 Å². The summed E-state index contributed by atoms with van der Waals surface area (Å²) in [5.74, 6) is -0.0406. The van der Waals surface area contributed by atoms with Gasteiger partial charge in [-0.25, -0.2) is 0 Å².